The van der Waals surface area contributed by atoms with Crippen LogP contribution in [0.3, 0.4) is 0 Å². The Morgan fingerprint density at radius 2 is 1.95 bits per heavy atom. The van der Waals surface area contributed by atoms with Gasteiger partial charge in [-0.05, 0) is 72.5 Å². The van der Waals surface area contributed by atoms with Crippen molar-refractivity contribution in [2.75, 3.05) is 19.9 Å². The van der Waals surface area contributed by atoms with Crippen molar-refractivity contribution in [1.82, 2.24) is 30.4 Å². The number of hydrogen-bond donors (Lipinski definition) is 1. The fourth-order valence-corrected chi connectivity index (χ4v) is 4.97. The van der Waals surface area contributed by atoms with Gasteiger partial charge in [-0.15, -0.1) is 10.2 Å². The van der Waals surface area contributed by atoms with E-state index in [0.29, 0.717) is 47.3 Å². The van der Waals surface area contributed by atoms with Crippen LogP contribution in [0, 0.1) is 12.7 Å². The lowest BCUT2D eigenvalue weighted by Gasteiger charge is -2.31. The number of carbonyl (C=O) groups excluding carboxylic acids is 2. The van der Waals surface area contributed by atoms with E-state index in [0.717, 1.165) is 17.6 Å². The van der Waals surface area contributed by atoms with Crippen LogP contribution < -0.4 is 14.8 Å². The lowest BCUT2D eigenvalue weighted by molar-refractivity contribution is -0.142. The van der Waals surface area contributed by atoms with Gasteiger partial charge in [-0.1, -0.05) is 18.2 Å². The average molecular weight is 577 g/mol. The fourth-order valence-electron chi connectivity index (χ4n) is 4.97. The molecule has 6 rings (SSSR count). The van der Waals surface area contributed by atoms with Gasteiger partial charge in [0.1, 0.15) is 24.2 Å². The highest BCUT2D eigenvalue weighted by molar-refractivity contribution is 5.88. The number of hydrogen-bond acceptors (Lipinski definition) is 9. The van der Waals surface area contributed by atoms with Crippen molar-refractivity contribution in [1.29, 1.82) is 0 Å². The third-order valence-corrected chi connectivity index (χ3v) is 7.07. The first-order valence-electron chi connectivity index (χ1n) is 13.6. The number of amides is 2. The number of ether oxygens (including phenoxy) is 3. The normalized spacial score (nSPS) is 16.4. The lowest BCUT2D eigenvalue weighted by Crippen LogP contribution is -2.46. The van der Waals surface area contributed by atoms with Crippen molar-refractivity contribution in [3.63, 3.8) is 0 Å². The predicted molar refractivity (Wildman–Crippen MR) is 144 cm³/mol. The number of fused-ring (bicyclic) bond motifs is 1. The third kappa shape index (κ3) is 6.10. The molecule has 2 aromatic carbocycles. The van der Waals surface area contributed by atoms with E-state index in [1.165, 1.54) is 29.2 Å². The number of halogens is 1. The van der Waals surface area contributed by atoms with Gasteiger partial charge in [0.2, 0.25) is 24.4 Å². The molecule has 4 heterocycles. The van der Waals surface area contributed by atoms with Crippen LogP contribution >= 0.6 is 0 Å². The quantitative estimate of drug-likeness (QED) is 0.302. The van der Waals surface area contributed by atoms with Gasteiger partial charge in [-0.25, -0.2) is 4.39 Å². The number of nitrogens with zero attached hydrogens (tertiary/aromatic N) is 5. The van der Waals surface area contributed by atoms with E-state index in [9.17, 15) is 14.0 Å². The van der Waals surface area contributed by atoms with Crippen LogP contribution in [0.1, 0.15) is 35.8 Å². The summed E-state index contributed by atoms with van der Waals surface area (Å²) < 4.78 is 36.1. The van der Waals surface area contributed by atoms with Crippen LogP contribution in [0.25, 0.3) is 11.6 Å². The summed E-state index contributed by atoms with van der Waals surface area (Å²) in [6.45, 7) is 2.55. The van der Waals surface area contributed by atoms with Crippen LogP contribution in [0.4, 0.5) is 4.39 Å². The van der Waals surface area contributed by atoms with E-state index in [-0.39, 0.29) is 31.8 Å². The van der Waals surface area contributed by atoms with Crippen molar-refractivity contribution in [2.45, 2.75) is 45.0 Å². The zero-order chi connectivity index (χ0) is 29.1. The van der Waals surface area contributed by atoms with Crippen LogP contribution in [-0.2, 0) is 27.4 Å². The molecule has 0 aliphatic carbocycles. The van der Waals surface area contributed by atoms with Crippen LogP contribution in [0.15, 0.2) is 59.0 Å². The monoisotopic (exact) mass is 576 g/mol. The Labute approximate surface area is 240 Å². The molecule has 2 atom stereocenters. The highest BCUT2D eigenvalue weighted by atomic mass is 19.1. The number of aryl methyl sites for hydroxylation is 1. The maximum absolute atomic E-state index is 14.0. The topological polar surface area (TPSA) is 134 Å². The molecule has 2 aliphatic rings. The van der Waals surface area contributed by atoms with Crippen LogP contribution in [0.5, 0.6) is 11.5 Å². The summed E-state index contributed by atoms with van der Waals surface area (Å²) in [5.41, 5.74) is 1.14. The second-order valence-electron chi connectivity index (χ2n) is 10.1. The van der Waals surface area contributed by atoms with Crippen molar-refractivity contribution < 1.29 is 32.6 Å². The molecule has 218 valence electrons. The Bertz CT molecular complexity index is 1560. The zero-order valence-electron chi connectivity index (χ0n) is 22.9. The molecule has 2 aromatic heterocycles. The average Bonchev–Trinajstić information content (AvgIpc) is 3.80. The molecule has 13 heteroatoms. The van der Waals surface area contributed by atoms with Crippen molar-refractivity contribution in [2.24, 2.45) is 0 Å². The summed E-state index contributed by atoms with van der Waals surface area (Å²) in [5.74, 6) is 1.11. The molecule has 1 N–H and O–H groups in total. The number of aromatic nitrogens is 4. The van der Waals surface area contributed by atoms with Crippen molar-refractivity contribution >= 4 is 11.8 Å². The molecule has 0 spiro atoms. The van der Waals surface area contributed by atoms with Crippen molar-refractivity contribution in [3.8, 4) is 23.1 Å². The van der Waals surface area contributed by atoms with Gasteiger partial charge in [0.05, 0.1) is 6.10 Å². The minimum Gasteiger partial charge on any atom is -0.458 e. The van der Waals surface area contributed by atoms with E-state index in [1.54, 1.807) is 37.3 Å². The molecule has 2 unspecified atom stereocenters. The fraction of sp³-hybridized carbons (Fsp3) is 0.345. The number of tetrazole rings is 1. The highest BCUT2D eigenvalue weighted by Gasteiger charge is 2.33. The number of furan rings is 1. The molecule has 2 aliphatic heterocycles. The molecule has 1 fully saturated rings. The summed E-state index contributed by atoms with van der Waals surface area (Å²) in [5, 5.41) is 15.3. The summed E-state index contributed by atoms with van der Waals surface area (Å²) in [4.78, 5) is 30.3. The highest BCUT2D eigenvalue weighted by Crippen LogP contribution is 2.34. The third-order valence-electron chi connectivity index (χ3n) is 7.07. The smallest absolute Gasteiger partial charge is 0.247 e. The van der Waals surface area contributed by atoms with Gasteiger partial charge < -0.3 is 28.8 Å². The maximum Gasteiger partial charge on any atom is 0.247 e. The standard InChI is InChI=1S/C29H29FN6O6/c1-18-4-10-24(42-18)28-32-34-36(33-28)16-26(37)35(15-19-5-11-23-25(13-19)41-17-40-23)27(20-6-8-21(30)9-7-20)29(38)31-14-22-3-2-12-39-22/h4-11,13,22,27H,2-3,12,14-17H2,1H3,(H,31,38). The van der Waals surface area contributed by atoms with Crippen LogP contribution in [0.2, 0.25) is 0 Å². The lowest BCUT2D eigenvalue weighted by atomic mass is 10.0. The first kappa shape index (κ1) is 27.4. The van der Waals surface area contributed by atoms with Gasteiger partial charge in [0.25, 0.3) is 0 Å². The van der Waals surface area contributed by atoms with Crippen molar-refractivity contribution in [3.05, 3.63) is 77.3 Å². The maximum atomic E-state index is 14.0. The second kappa shape index (κ2) is 12.0. The molecule has 0 saturated carbocycles. The van der Waals surface area contributed by atoms with Gasteiger partial charge >= 0.3 is 0 Å². The molecule has 0 bridgehead atoms. The summed E-state index contributed by atoms with van der Waals surface area (Å²) in [6.07, 6.45) is 1.64. The van der Waals surface area contributed by atoms with E-state index >= 15 is 0 Å². The number of rotatable bonds is 10. The minimum atomic E-state index is -1.10. The van der Waals surface area contributed by atoms with E-state index < -0.39 is 23.7 Å². The molecular formula is C29H29FN6O6. The Morgan fingerprint density at radius 3 is 2.71 bits per heavy atom. The molecule has 2 amide bonds. The van der Waals surface area contributed by atoms with E-state index in [4.69, 9.17) is 18.6 Å². The minimum absolute atomic E-state index is 0.0315. The molecule has 42 heavy (non-hydrogen) atoms. The van der Waals surface area contributed by atoms with E-state index in [2.05, 4.69) is 20.7 Å². The number of benzene rings is 2. The van der Waals surface area contributed by atoms with Gasteiger partial charge in [0, 0.05) is 19.7 Å². The predicted octanol–water partition coefficient (Wildman–Crippen LogP) is 3.17. The van der Waals surface area contributed by atoms with E-state index in [1.807, 2.05) is 0 Å². The first-order chi connectivity index (χ1) is 20.4. The van der Waals surface area contributed by atoms with Gasteiger partial charge in [-0.2, -0.15) is 4.80 Å². The molecule has 0 radical (unpaired) electrons. The second-order valence-corrected chi connectivity index (χ2v) is 10.1. The number of nitrogens with one attached hydrogen (secondary N) is 1. The Morgan fingerprint density at radius 1 is 1.12 bits per heavy atom. The zero-order valence-corrected chi connectivity index (χ0v) is 22.9. The molecular weight excluding hydrogens is 547 g/mol. The molecule has 12 nitrogen and oxygen atoms in total. The van der Waals surface area contributed by atoms with Gasteiger partial charge in [-0.3, -0.25) is 9.59 Å². The molecule has 1 saturated heterocycles. The Kier molecular flexibility index (Phi) is 7.82. The summed E-state index contributed by atoms with van der Waals surface area (Å²) in [6, 6.07) is 13.2. The first-order valence-corrected chi connectivity index (χ1v) is 13.6. The largest absolute Gasteiger partial charge is 0.458 e. The number of carbonyl (C=O) groups is 2. The Balaban J connectivity index is 1.31. The Hall–Kier alpha value is -4.78. The SMILES string of the molecule is Cc1ccc(-c2nnn(CC(=O)N(Cc3ccc4c(c3)OCO4)C(C(=O)NCC3CCCO3)c3ccc(F)cc3)n2)o1. The summed E-state index contributed by atoms with van der Waals surface area (Å²) in [7, 11) is 0. The summed E-state index contributed by atoms with van der Waals surface area (Å²) >= 11 is 0. The molecule has 4 aromatic rings. The van der Waals surface area contributed by atoms with Gasteiger partial charge in [0.15, 0.2) is 17.3 Å². The van der Waals surface area contributed by atoms with Crippen LogP contribution in [-0.4, -0.2) is 63.0 Å².